The zero-order valence-corrected chi connectivity index (χ0v) is 18.4. The highest BCUT2D eigenvalue weighted by Gasteiger charge is 2.33. The van der Waals surface area contributed by atoms with Crippen LogP contribution in [0.25, 0.3) is 0 Å². The summed E-state index contributed by atoms with van der Waals surface area (Å²) in [5.74, 6) is 0.506. The van der Waals surface area contributed by atoms with Crippen molar-refractivity contribution < 1.29 is 13.2 Å². The normalized spacial score (nSPS) is 12.0. The van der Waals surface area contributed by atoms with Gasteiger partial charge in [0.2, 0.25) is 0 Å². The van der Waals surface area contributed by atoms with E-state index in [9.17, 15) is 13.2 Å². The molecule has 0 radical (unpaired) electrons. The molecule has 5 nitrogen and oxygen atoms in total. The Kier molecular flexibility index (Phi) is 9.47. The number of aliphatic imine (C=N–C) groups is 1. The summed E-state index contributed by atoms with van der Waals surface area (Å²) in [7, 11) is 5.64. The number of nitrogens with one attached hydrogen (secondary N) is 2. The number of guanidine groups is 1. The van der Waals surface area contributed by atoms with E-state index in [1.807, 2.05) is 26.2 Å². The molecule has 0 saturated carbocycles. The Labute approximate surface area is 178 Å². The van der Waals surface area contributed by atoms with E-state index in [-0.39, 0.29) is 30.5 Å². The number of benzene rings is 1. The van der Waals surface area contributed by atoms with E-state index in [0.29, 0.717) is 17.5 Å². The van der Waals surface area contributed by atoms with Gasteiger partial charge in [-0.05, 0) is 25.2 Å². The van der Waals surface area contributed by atoms with E-state index in [0.717, 1.165) is 28.8 Å². The Bertz CT molecular complexity index is 746. The number of rotatable bonds is 6. The summed E-state index contributed by atoms with van der Waals surface area (Å²) in [6, 6.07) is 8.18. The van der Waals surface area contributed by atoms with Crippen molar-refractivity contribution in [2.75, 3.05) is 21.1 Å². The number of aromatic nitrogens is 1. The average molecular weight is 513 g/mol. The van der Waals surface area contributed by atoms with Crippen LogP contribution in [0, 0.1) is 0 Å². The third-order valence-corrected chi connectivity index (χ3v) is 4.27. The molecule has 0 aliphatic heterocycles. The summed E-state index contributed by atoms with van der Waals surface area (Å²) in [5, 5.41) is 7.50. The van der Waals surface area contributed by atoms with Crippen LogP contribution >= 0.6 is 35.3 Å². The number of hydrogen-bond acceptors (Lipinski definition) is 4. The highest BCUT2D eigenvalue weighted by atomic mass is 127. The zero-order chi connectivity index (χ0) is 19.2. The van der Waals surface area contributed by atoms with Crippen molar-refractivity contribution in [2.45, 2.75) is 25.8 Å². The summed E-state index contributed by atoms with van der Waals surface area (Å²) in [6.45, 7) is 1.60. The van der Waals surface area contributed by atoms with E-state index in [2.05, 4.69) is 37.6 Å². The molecule has 2 aromatic rings. The lowest BCUT2D eigenvalue weighted by Crippen LogP contribution is -2.36. The largest absolute Gasteiger partial charge is 0.434 e. The fraction of sp³-hybridized carbons (Fsp3) is 0.412. The molecular formula is C17H23F3IN5S. The topological polar surface area (TPSA) is 52.6 Å². The van der Waals surface area contributed by atoms with Crippen LogP contribution in [0.2, 0.25) is 0 Å². The molecular weight excluding hydrogens is 490 g/mol. The maximum atomic E-state index is 12.6. The lowest BCUT2D eigenvalue weighted by Gasteiger charge is -2.13. The molecule has 0 spiro atoms. The Morgan fingerprint density at radius 3 is 2.44 bits per heavy atom. The van der Waals surface area contributed by atoms with Crippen molar-refractivity contribution in [2.24, 2.45) is 4.99 Å². The average Bonchev–Trinajstić information content (AvgIpc) is 3.04. The van der Waals surface area contributed by atoms with Crippen molar-refractivity contribution >= 4 is 41.3 Å². The van der Waals surface area contributed by atoms with Crippen LogP contribution in [0.4, 0.5) is 13.2 Å². The third-order valence-electron chi connectivity index (χ3n) is 3.42. The number of thiazole rings is 1. The van der Waals surface area contributed by atoms with Gasteiger partial charge in [-0.3, -0.25) is 4.99 Å². The van der Waals surface area contributed by atoms with Gasteiger partial charge in [0.15, 0.2) is 11.7 Å². The van der Waals surface area contributed by atoms with E-state index in [1.165, 1.54) is 5.56 Å². The van der Waals surface area contributed by atoms with E-state index < -0.39 is 11.9 Å². The zero-order valence-electron chi connectivity index (χ0n) is 15.3. The number of hydrogen-bond donors (Lipinski definition) is 2. The first-order chi connectivity index (χ1) is 12.3. The van der Waals surface area contributed by atoms with Gasteiger partial charge >= 0.3 is 6.18 Å². The predicted molar refractivity (Wildman–Crippen MR) is 113 cm³/mol. The summed E-state index contributed by atoms with van der Waals surface area (Å²) in [5.41, 5.74) is 1.44. The smallest absolute Gasteiger partial charge is 0.352 e. The first-order valence-corrected chi connectivity index (χ1v) is 8.84. The minimum atomic E-state index is -4.41. The van der Waals surface area contributed by atoms with Crippen molar-refractivity contribution in [1.29, 1.82) is 0 Å². The second-order valence-corrected chi connectivity index (χ2v) is 6.90. The van der Waals surface area contributed by atoms with Crippen LogP contribution in [0.15, 0.2) is 34.6 Å². The van der Waals surface area contributed by atoms with Gasteiger partial charge in [-0.15, -0.1) is 35.3 Å². The molecule has 1 aromatic heterocycles. The first-order valence-electron chi connectivity index (χ1n) is 7.96. The molecule has 0 aliphatic carbocycles. The molecule has 10 heteroatoms. The van der Waals surface area contributed by atoms with Crippen LogP contribution in [0.5, 0.6) is 0 Å². The molecule has 2 rings (SSSR count). The highest BCUT2D eigenvalue weighted by molar-refractivity contribution is 14.0. The van der Waals surface area contributed by atoms with Crippen LogP contribution in [0.1, 0.15) is 21.8 Å². The lowest BCUT2D eigenvalue weighted by molar-refractivity contribution is -0.140. The summed E-state index contributed by atoms with van der Waals surface area (Å²) < 4.78 is 37.7. The second-order valence-electron chi connectivity index (χ2n) is 5.96. The minimum absolute atomic E-state index is 0. The molecule has 0 bridgehead atoms. The van der Waals surface area contributed by atoms with Crippen molar-refractivity contribution in [3.8, 4) is 0 Å². The third kappa shape index (κ3) is 8.01. The van der Waals surface area contributed by atoms with E-state index in [1.54, 1.807) is 7.05 Å². The predicted octanol–water partition coefficient (Wildman–Crippen LogP) is 3.71. The number of nitrogens with zero attached hydrogens (tertiary/aromatic N) is 3. The van der Waals surface area contributed by atoms with Gasteiger partial charge in [0, 0.05) is 25.5 Å². The second kappa shape index (κ2) is 10.8. The molecule has 0 unspecified atom stereocenters. The van der Waals surface area contributed by atoms with E-state index in [4.69, 9.17) is 0 Å². The van der Waals surface area contributed by atoms with Crippen molar-refractivity contribution in [3.63, 3.8) is 0 Å². The number of halogens is 4. The maximum absolute atomic E-state index is 12.6. The van der Waals surface area contributed by atoms with Gasteiger partial charge in [-0.1, -0.05) is 24.3 Å². The molecule has 0 fully saturated rings. The van der Waals surface area contributed by atoms with Gasteiger partial charge in [0.1, 0.15) is 5.01 Å². The van der Waals surface area contributed by atoms with Gasteiger partial charge in [0.25, 0.3) is 0 Å². The molecule has 1 heterocycles. The SMILES string of the molecule is CN=C(NCc1cccc(CN(C)C)c1)NCc1nc(C(F)(F)F)cs1.I. The highest BCUT2D eigenvalue weighted by Crippen LogP contribution is 2.29. The van der Waals surface area contributed by atoms with E-state index >= 15 is 0 Å². The van der Waals surface area contributed by atoms with Crippen LogP contribution < -0.4 is 10.6 Å². The summed E-state index contributed by atoms with van der Waals surface area (Å²) >= 11 is 0.970. The van der Waals surface area contributed by atoms with Gasteiger partial charge in [-0.2, -0.15) is 13.2 Å². The summed E-state index contributed by atoms with van der Waals surface area (Å²) in [4.78, 5) is 9.77. The first kappa shape index (κ1) is 23.6. The molecule has 0 aliphatic rings. The Balaban J connectivity index is 0.00000364. The molecule has 150 valence electrons. The molecule has 27 heavy (non-hydrogen) atoms. The Morgan fingerprint density at radius 1 is 1.19 bits per heavy atom. The monoisotopic (exact) mass is 513 g/mol. The van der Waals surface area contributed by atoms with Gasteiger partial charge in [0.05, 0.1) is 6.54 Å². The van der Waals surface area contributed by atoms with Crippen LogP contribution in [-0.2, 0) is 25.8 Å². The van der Waals surface area contributed by atoms with Crippen molar-refractivity contribution in [3.05, 3.63) is 51.5 Å². The molecule has 2 N–H and O–H groups in total. The quantitative estimate of drug-likeness (QED) is 0.352. The Hall–Kier alpha value is -1.40. The molecule has 1 aromatic carbocycles. The lowest BCUT2D eigenvalue weighted by atomic mass is 10.1. The van der Waals surface area contributed by atoms with Crippen LogP contribution in [0.3, 0.4) is 0 Å². The standard InChI is InChI=1S/C17H22F3N5S.HI/c1-21-16(23-9-15-24-14(11-26-15)17(18,19)20)22-8-12-5-4-6-13(7-12)10-25(2)3;/h4-7,11H,8-10H2,1-3H3,(H2,21,22,23);1H. The Morgan fingerprint density at radius 2 is 1.85 bits per heavy atom. The fourth-order valence-electron chi connectivity index (χ4n) is 2.29. The molecule has 0 atom stereocenters. The summed E-state index contributed by atoms with van der Waals surface area (Å²) in [6.07, 6.45) is -4.41. The minimum Gasteiger partial charge on any atom is -0.352 e. The van der Waals surface area contributed by atoms with Crippen LogP contribution in [-0.4, -0.2) is 37.0 Å². The molecule has 0 saturated heterocycles. The fourth-order valence-corrected chi connectivity index (χ4v) is 3.03. The maximum Gasteiger partial charge on any atom is 0.434 e. The molecule has 0 amide bonds. The van der Waals surface area contributed by atoms with Gasteiger partial charge in [-0.25, -0.2) is 4.98 Å². The van der Waals surface area contributed by atoms with Crippen molar-refractivity contribution in [1.82, 2.24) is 20.5 Å². The number of alkyl halides is 3. The van der Waals surface area contributed by atoms with Gasteiger partial charge < -0.3 is 15.5 Å².